The first-order valence-corrected chi connectivity index (χ1v) is 9.32. The topological polar surface area (TPSA) is 54.2 Å². The van der Waals surface area contributed by atoms with E-state index in [1.165, 1.54) is 25.3 Å². The van der Waals surface area contributed by atoms with Crippen LogP contribution in [-0.4, -0.2) is 34.7 Å². The fourth-order valence-corrected chi connectivity index (χ4v) is 4.01. The maximum absolute atomic E-state index is 13.6. The summed E-state index contributed by atoms with van der Waals surface area (Å²) in [6.07, 6.45) is 6.12. The highest BCUT2D eigenvalue weighted by Gasteiger charge is 2.27. The van der Waals surface area contributed by atoms with Crippen LogP contribution in [0.3, 0.4) is 0 Å². The van der Waals surface area contributed by atoms with Crippen LogP contribution in [0.25, 0.3) is 0 Å². The summed E-state index contributed by atoms with van der Waals surface area (Å²) in [5, 5.41) is 7.61. The van der Waals surface area contributed by atoms with E-state index in [2.05, 4.69) is 20.4 Å². The van der Waals surface area contributed by atoms with E-state index in [4.69, 9.17) is 4.52 Å². The lowest BCUT2D eigenvalue weighted by Crippen LogP contribution is -2.45. The molecule has 2 aliphatic rings. The Morgan fingerprint density at radius 1 is 1.23 bits per heavy atom. The van der Waals surface area contributed by atoms with Crippen molar-refractivity contribution in [3.05, 3.63) is 47.4 Å². The number of hydrogen-bond donors (Lipinski definition) is 1. The maximum Gasteiger partial charge on any atom is 0.229 e. The van der Waals surface area contributed by atoms with Crippen LogP contribution in [-0.2, 0) is 6.54 Å². The van der Waals surface area contributed by atoms with E-state index in [1.54, 1.807) is 12.1 Å². The lowest BCUT2D eigenvalue weighted by molar-refractivity contribution is 0.148. The van der Waals surface area contributed by atoms with Crippen LogP contribution in [0.1, 0.15) is 61.3 Å². The predicted molar refractivity (Wildman–Crippen MR) is 99.8 cm³/mol. The van der Waals surface area contributed by atoms with Crippen molar-refractivity contribution in [3.63, 3.8) is 0 Å². The summed E-state index contributed by atoms with van der Waals surface area (Å²) in [7, 11) is 0. The van der Waals surface area contributed by atoms with Gasteiger partial charge in [-0.25, -0.2) is 4.39 Å². The molecule has 1 aliphatic heterocycles. The Bertz CT molecular complexity index is 704. The number of halogens is 2. The highest BCUT2D eigenvalue weighted by Crippen LogP contribution is 2.32. The Hall–Kier alpha value is -1.50. The molecule has 0 radical (unpaired) electrons. The second-order valence-corrected chi connectivity index (χ2v) is 7.13. The fourth-order valence-electron chi connectivity index (χ4n) is 4.01. The number of aromatic nitrogens is 2. The minimum atomic E-state index is -0.192. The summed E-state index contributed by atoms with van der Waals surface area (Å²) in [6, 6.07) is 6.99. The second kappa shape index (κ2) is 8.93. The largest absolute Gasteiger partial charge is 0.339 e. The van der Waals surface area contributed by atoms with Crippen molar-refractivity contribution in [1.82, 2.24) is 20.4 Å². The van der Waals surface area contributed by atoms with Gasteiger partial charge in [-0.15, -0.1) is 12.4 Å². The fraction of sp³-hybridized carbons (Fsp3) is 0.579. The first-order valence-electron chi connectivity index (χ1n) is 9.32. The molecule has 7 heteroatoms. The lowest BCUT2D eigenvalue weighted by atomic mass is 9.89. The third-order valence-electron chi connectivity index (χ3n) is 5.37. The molecule has 1 saturated heterocycles. The number of nitrogens with zero attached hydrogens (tertiary/aromatic N) is 3. The van der Waals surface area contributed by atoms with Crippen molar-refractivity contribution >= 4 is 12.4 Å². The van der Waals surface area contributed by atoms with E-state index in [1.807, 2.05) is 6.07 Å². The molecule has 2 heterocycles. The van der Waals surface area contributed by atoms with Crippen LogP contribution >= 0.6 is 12.4 Å². The number of nitrogens with one attached hydrogen (secondary N) is 1. The van der Waals surface area contributed by atoms with E-state index in [9.17, 15) is 4.39 Å². The molecule has 5 nitrogen and oxygen atoms in total. The second-order valence-electron chi connectivity index (χ2n) is 7.13. The van der Waals surface area contributed by atoms with Crippen molar-refractivity contribution in [2.45, 2.75) is 50.6 Å². The number of hydrogen-bond acceptors (Lipinski definition) is 5. The molecule has 1 unspecified atom stereocenters. The van der Waals surface area contributed by atoms with Crippen LogP contribution < -0.4 is 5.32 Å². The van der Waals surface area contributed by atoms with Crippen LogP contribution in [0.2, 0.25) is 0 Å². The molecular formula is C19H26ClFN4O. The molecule has 0 spiro atoms. The highest BCUT2D eigenvalue weighted by atomic mass is 35.5. The van der Waals surface area contributed by atoms with Gasteiger partial charge in [0.2, 0.25) is 5.89 Å². The van der Waals surface area contributed by atoms with E-state index in [-0.39, 0.29) is 24.3 Å². The minimum Gasteiger partial charge on any atom is -0.339 e. The molecule has 1 aromatic carbocycles. The quantitative estimate of drug-likeness (QED) is 0.873. The van der Waals surface area contributed by atoms with E-state index < -0.39 is 0 Å². The van der Waals surface area contributed by atoms with Gasteiger partial charge in [0.05, 0.1) is 6.54 Å². The summed E-state index contributed by atoms with van der Waals surface area (Å²) < 4.78 is 19.1. The van der Waals surface area contributed by atoms with Gasteiger partial charge >= 0.3 is 0 Å². The molecule has 1 aliphatic carbocycles. The number of piperazine rings is 1. The number of rotatable bonds is 4. The van der Waals surface area contributed by atoms with E-state index in [0.29, 0.717) is 12.5 Å². The molecule has 0 bridgehead atoms. The predicted octanol–water partition coefficient (Wildman–Crippen LogP) is 3.82. The molecular weight excluding hydrogens is 355 g/mol. The monoisotopic (exact) mass is 380 g/mol. The van der Waals surface area contributed by atoms with Gasteiger partial charge in [-0.2, -0.15) is 4.98 Å². The molecule has 2 aromatic rings. The highest BCUT2D eigenvalue weighted by molar-refractivity contribution is 5.85. The molecule has 0 amide bonds. The zero-order valence-corrected chi connectivity index (χ0v) is 15.7. The van der Waals surface area contributed by atoms with E-state index >= 15 is 0 Å². The van der Waals surface area contributed by atoms with Gasteiger partial charge in [0.15, 0.2) is 5.82 Å². The first kappa shape index (κ1) is 19.3. The molecule has 142 valence electrons. The first-order chi connectivity index (χ1) is 12.3. The van der Waals surface area contributed by atoms with Gasteiger partial charge in [0, 0.05) is 31.6 Å². The minimum absolute atomic E-state index is 0. The van der Waals surface area contributed by atoms with Crippen LogP contribution in [0.15, 0.2) is 28.8 Å². The average molecular weight is 381 g/mol. The Morgan fingerprint density at radius 2 is 2.08 bits per heavy atom. The zero-order valence-electron chi connectivity index (χ0n) is 14.9. The van der Waals surface area contributed by atoms with Gasteiger partial charge < -0.3 is 9.84 Å². The zero-order chi connectivity index (χ0) is 17.1. The Morgan fingerprint density at radius 3 is 2.88 bits per heavy atom. The smallest absolute Gasteiger partial charge is 0.229 e. The van der Waals surface area contributed by atoms with Crippen molar-refractivity contribution < 1.29 is 8.91 Å². The third kappa shape index (κ3) is 4.42. The summed E-state index contributed by atoms with van der Waals surface area (Å²) in [5.74, 6) is 1.77. The summed E-state index contributed by atoms with van der Waals surface area (Å²) in [4.78, 5) is 6.97. The van der Waals surface area contributed by atoms with Gasteiger partial charge in [-0.3, -0.25) is 4.90 Å². The molecule has 2 fully saturated rings. The lowest BCUT2D eigenvalue weighted by Gasteiger charge is -2.35. The van der Waals surface area contributed by atoms with Crippen LogP contribution in [0.4, 0.5) is 4.39 Å². The van der Waals surface area contributed by atoms with Crippen molar-refractivity contribution in [1.29, 1.82) is 0 Å². The van der Waals surface area contributed by atoms with Gasteiger partial charge in [0.1, 0.15) is 5.82 Å². The van der Waals surface area contributed by atoms with Crippen LogP contribution in [0, 0.1) is 5.82 Å². The van der Waals surface area contributed by atoms with Crippen molar-refractivity contribution in [3.8, 4) is 0 Å². The average Bonchev–Trinajstić information content (AvgIpc) is 3.11. The number of benzene rings is 1. The van der Waals surface area contributed by atoms with Crippen LogP contribution in [0.5, 0.6) is 0 Å². The molecule has 1 aromatic heterocycles. The Labute approximate surface area is 159 Å². The molecule has 1 atom stereocenters. The normalized spacial score (nSPS) is 22.1. The Balaban J connectivity index is 0.00000196. The van der Waals surface area contributed by atoms with Crippen molar-refractivity contribution in [2.24, 2.45) is 0 Å². The summed E-state index contributed by atoms with van der Waals surface area (Å²) in [5.41, 5.74) is 0.989. The maximum atomic E-state index is 13.6. The van der Waals surface area contributed by atoms with Gasteiger partial charge in [0.25, 0.3) is 0 Å². The van der Waals surface area contributed by atoms with Crippen molar-refractivity contribution in [2.75, 3.05) is 19.6 Å². The molecule has 4 rings (SSSR count). The molecule has 1 N–H and O–H groups in total. The van der Waals surface area contributed by atoms with E-state index in [0.717, 1.165) is 49.8 Å². The van der Waals surface area contributed by atoms with Gasteiger partial charge in [-0.1, -0.05) is 36.6 Å². The summed E-state index contributed by atoms with van der Waals surface area (Å²) in [6.45, 7) is 3.24. The third-order valence-corrected chi connectivity index (χ3v) is 5.37. The van der Waals surface area contributed by atoms with Gasteiger partial charge in [-0.05, 0) is 30.5 Å². The summed E-state index contributed by atoms with van der Waals surface area (Å²) >= 11 is 0. The molecule has 1 saturated carbocycles. The SMILES string of the molecule is Cl.Fc1cccc(C2CNCCN2Cc2noc(C3CCCCC3)n2)c1. The Kier molecular flexibility index (Phi) is 6.62. The standard InChI is InChI=1S/C19H25FN4O.ClH/c20-16-8-4-7-15(11-16)17-12-21-9-10-24(17)13-18-22-19(25-23-18)14-5-2-1-3-6-14;/h4,7-8,11,14,17,21H,1-3,5-6,9-10,12-13H2;1H. The molecule has 26 heavy (non-hydrogen) atoms.